The van der Waals surface area contributed by atoms with Crippen LogP contribution in [0.3, 0.4) is 0 Å². The number of aromatic nitrogens is 2. The van der Waals surface area contributed by atoms with E-state index >= 15 is 0 Å². The molecule has 2 rings (SSSR count). The summed E-state index contributed by atoms with van der Waals surface area (Å²) in [4.78, 5) is 2.04. The molecule has 0 fully saturated rings. The molecule has 0 amide bonds. The molecule has 0 aliphatic heterocycles. The Labute approximate surface area is 149 Å². The van der Waals surface area contributed by atoms with E-state index in [0.717, 1.165) is 17.7 Å². The lowest BCUT2D eigenvalue weighted by Gasteiger charge is -2.20. The number of nitrogens with zero attached hydrogens (tertiary/aromatic N) is 3. The fraction of sp³-hybridized carbons (Fsp3) is 0.421. The van der Waals surface area contributed by atoms with Crippen molar-refractivity contribution in [2.45, 2.75) is 19.6 Å². The van der Waals surface area contributed by atoms with Gasteiger partial charge in [-0.1, -0.05) is 18.2 Å². The molecule has 0 aliphatic rings. The number of hydrogen-bond acceptors (Lipinski definition) is 5. The Morgan fingerprint density at radius 2 is 2.16 bits per heavy atom. The van der Waals surface area contributed by atoms with Crippen molar-refractivity contribution in [1.82, 2.24) is 14.7 Å². The number of aryl methyl sites for hydroxylation is 1. The lowest BCUT2D eigenvalue weighted by molar-refractivity contribution is 0.0733. The number of allylic oxidation sites excluding steroid dienone is 1. The van der Waals surface area contributed by atoms with Crippen LogP contribution in [0.25, 0.3) is 6.08 Å². The van der Waals surface area contributed by atoms with Crippen LogP contribution in [-0.4, -0.2) is 53.2 Å². The van der Waals surface area contributed by atoms with Gasteiger partial charge in [0.1, 0.15) is 12.7 Å². The zero-order valence-corrected chi connectivity index (χ0v) is 15.3. The van der Waals surface area contributed by atoms with Crippen LogP contribution < -0.4 is 9.47 Å². The number of aliphatic hydroxyl groups is 1. The van der Waals surface area contributed by atoms with Crippen LogP contribution in [0.1, 0.15) is 18.1 Å². The normalized spacial score (nSPS) is 12.7. The molecule has 1 unspecified atom stereocenters. The first-order valence-electron chi connectivity index (χ1n) is 8.29. The second-order valence-corrected chi connectivity index (χ2v) is 6.09. The van der Waals surface area contributed by atoms with Gasteiger partial charge in [-0.15, -0.1) is 0 Å². The lowest BCUT2D eigenvalue weighted by atomic mass is 10.2. The van der Waals surface area contributed by atoms with E-state index < -0.39 is 6.10 Å². The van der Waals surface area contributed by atoms with Gasteiger partial charge in [-0.05, 0) is 31.7 Å². The van der Waals surface area contributed by atoms with Gasteiger partial charge in [-0.3, -0.25) is 9.58 Å². The number of aliphatic hydroxyl groups excluding tert-OH is 1. The van der Waals surface area contributed by atoms with Crippen LogP contribution in [0.5, 0.6) is 11.5 Å². The third-order valence-corrected chi connectivity index (χ3v) is 3.71. The Morgan fingerprint density at radius 1 is 1.36 bits per heavy atom. The summed E-state index contributed by atoms with van der Waals surface area (Å²) >= 11 is 0. The standard InChI is InChI=1S/C19H27N3O3/c1-5-6-15-7-8-18(19(9-15)24-4)25-14-17(23)13-21(2)11-16-10-20-22(3)12-16/h5-10,12,17,23H,11,13-14H2,1-4H3/b6-5+. The van der Waals surface area contributed by atoms with Gasteiger partial charge in [0.25, 0.3) is 0 Å². The molecule has 6 heteroatoms. The van der Waals surface area contributed by atoms with E-state index in [1.54, 1.807) is 11.8 Å². The molecule has 0 saturated carbocycles. The maximum absolute atomic E-state index is 10.2. The molecule has 1 heterocycles. The Bertz CT molecular complexity index is 697. The van der Waals surface area contributed by atoms with Crippen LogP contribution in [0.2, 0.25) is 0 Å². The summed E-state index contributed by atoms with van der Waals surface area (Å²) in [5.74, 6) is 1.29. The molecule has 25 heavy (non-hydrogen) atoms. The van der Waals surface area contributed by atoms with E-state index in [1.807, 2.05) is 68.7 Å². The largest absolute Gasteiger partial charge is 0.493 e. The second-order valence-electron chi connectivity index (χ2n) is 6.09. The molecule has 0 radical (unpaired) electrons. The molecule has 1 aromatic carbocycles. The molecule has 1 atom stereocenters. The summed E-state index contributed by atoms with van der Waals surface area (Å²) in [6.07, 6.45) is 7.17. The summed E-state index contributed by atoms with van der Waals surface area (Å²) < 4.78 is 12.9. The van der Waals surface area contributed by atoms with Crippen molar-refractivity contribution in [3.63, 3.8) is 0 Å². The van der Waals surface area contributed by atoms with Crippen LogP contribution in [0, 0.1) is 0 Å². The summed E-state index contributed by atoms with van der Waals surface area (Å²) in [7, 11) is 5.46. The second kappa shape index (κ2) is 9.25. The van der Waals surface area contributed by atoms with Crippen molar-refractivity contribution in [3.05, 3.63) is 47.8 Å². The summed E-state index contributed by atoms with van der Waals surface area (Å²) in [6, 6.07) is 5.73. The van der Waals surface area contributed by atoms with Crippen molar-refractivity contribution in [3.8, 4) is 11.5 Å². The van der Waals surface area contributed by atoms with Crippen molar-refractivity contribution in [1.29, 1.82) is 0 Å². The highest BCUT2D eigenvalue weighted by Gasteiger charge is 2.12. The van der Waals surface area contributed by atoms with Gasteiger partial charge in [0.15, 0.2) is 11.5 Å². The van der Waals surface area contributed by atoms with E-state index in [4.69, 9.17) is 9.47 Å². The molecular formula is C19H27N3O3. The smallest absolute Gasteiger partial charge is 0.161 e. The molecule has 136 valence electrons. The first-order valence-corrected chi connectivity index (χ1v) is 8.29. The molecule has 1 aromatic heterocycles. The van der Waals surface area contributed by atoms with Gasteiger partial charge >= 0.3 is 0 Å². The molecule has 0 spiro atoms. The molecular weight excluding hydrogens is 318 g/mol. The monoisotopic (exact) mass is 345 g/mol. The highest BCUT2D eigenvalue weighted by molar-refractivity contribution is 5.55. The van der Waals surface area contributed by atoms with Crippen molar-refractivity contribution < 1.29 is 14.6 Å². The van der Waals surface area contributed by atoms with Crippen LogP contribution in [-0.2, 0) is 13.6 Å². The fourth-order valence-corrected chi connectivity index (χ4v) is 2.63. The molecule has 0 saturated heterocycles. The number of methoxy groups -OCH3 is 1. The average Bonchev–Trinajstić information content (AvgIpc) is 2.98. The zero-order valence-electron chi connectivity index (χ0n) is 15.3. The highest BCUT2D eigenvalue weighted by atomic mass is 16.5. The summed E-state index contributed by atoms with van der Waals surface area (Å²) in [5, 5.41) is 14.4. The van der Waals surface area contributed by atoms with Gasteiger partial charge in [0.05, 0.1) is 13.3 Å². The SMILES string of the molecule is C/C=C/c1ccc(OCC(O)CN(C)Cc2cnn(C)c2)c(OC)c1. The molecule has 0 bridgehead atoms. The summed E-state index contributed by atoms with van der Waals surface area (Å²) in [6.45, 7) is 3.41. The fourth-order valence-electron chi connectivity index (χ4n) is 2.63. The van der Waals surface area contributed by atoms with Gasteiger partial charge in [-0.2, -0.15) is 5.10 Å². The summed E-state index contributed by atoms with van der Waals surface area (Å²) in [5.41, 5.74) is 2.16. The van der Waals surface area contributed by atoms with Crippen LogP contribution in [0.15, 0.2) is 36.7 Å². The molecule has 0 aliphatic carbocycles. The average molecular weight is 345 g/mol. The van der Waals surface area contributed by atoms with Crippen molar-refractivity contribution >= 4 is 6.08 Å². The van der Waals surface area contributed by atoms with E-state index in [9.17, 15) is 5.11 Å². The number of ether oxygens (including phenoxy) is 2. The zero-order chi connectivity index (χ0) is 18.2. The first kappa shape index (κ1) is 19.0. The van der Waals surface area contributed by atoms with Gasteiger partial charge in [-0.25, -0.2) is 0 Å². The Kier molecular flexibility index (Phi) is 7.03. The third kappa shape index (κ3) is 5.92. The van der Waals surface area contributed by atoms with E-state index in [2.05, 4.69) is 5.10 Å². The number of rotatable bonds is 9. The van der Waals surface area contributed by atoms with E-state index in [1.165, 1.54) is 0 Å². The highest BCUT2D eigenvalue weighted by Crippen LogP contribution is 2.28. The Balaban J connectivity index is 1.85. The molecule has 2 aromatic rings. The quantitative estimate of drug-likeness (QED) is 0.756. The van der Waals surface area contributed by atoms with E-state index in [-0.39, 0.29) is 6.61 Å². The van der Waals surface area contributed by atoms with Gasteiger partial charge in [0, 0.05) is 31.9 Å². The van der Waals surface area contributed by atoms with Crippen molar-refractivity contribution in [2.24, 2.45) is 7.05 Å². The number of benzene rings is 1. The maximum atomic E-state index is 10.2. The first-order chi connectivity index (χ1) is 12.0. The minimum Gasteiger partial charge on any atom is -0.493 e. The maximum Gasteiger partial charge on any atom is 0.161 e. The molecule has 6 nitrogen and oxygen atoms in total. The van der Waals surface area contributed by atoms with Gasteiger partial charge < -0.3 is 14.6 Å². The third-order valence-electron chi connectivity index (χ3n) is 3.71. The predicted octanol–water partition coefficient (Wildman–Crippen LogP) is 2.33. The van der Waals surface area contributed by atoms with Crippen molar-refractivity contribution in [2.75, 3.05) is 27.3 Å². The molecule has 1 N–H and O–H groups in total. The van der Waals surface area contributed by atoms with Crippen LogP contribution >= 0.6 is 0 Å². The minimum absolute atomic E-state index is 0.205. The number of hydrogen-bond donors (Lipinski definition) is 1. The topological polar surface area (TPSA) is 59.8 Å². The Morgan fingerprint density at radius 3 is 2.80 bits per heavy atom. The number of likely N-dealkylation sites (N-methyl/N-ethyl adjacent to an activating group) is 1. The Hall–Kier alpha value is -2.31. The van der Waals surface area contributed by atoms with Gasteiger partial charge in [0.2, 0.25) is 0 Å². The predicted molar refractivity (Wildman–Crippen MR) is 98.7 cm³/mol. The van der Waals surface area contributed by atoms with E-state index in [0.29, 0.717) is 18.0 Å². The van der Waals surface area contributed by atoms with Crippen LogP contribution in [0.4, 0.5) is 0 Å². The lowest BCUT2D eigenvalue weighted by Crippen LogP contribution is -2.32. The minimum atomic E-state index is -0.596.